The van der Waals surface area contributed by atoms with Gasteiger partial charge < -0.3 is 20.5 Å². The molecule has 8 heteroatoms. The molecule has 1 amide bonds. The van der Waals surface area contributed by atoms with E-state index in [9.17, 15) is 19.5 Å². The zero-order valence-corrected chi connectivity index (χ0v) is 15.0. The number of aliphatic hydroxyl groups excluding tert-OH is 1. The second-order valence-electron chi connectivity index (χ2n) is 6.33. The molecule has 1 heterocycles. The molecule has 0 unspecified atom stereocenters. The van der Waals surface area contributed by atoms with Crippen LogP contribution in [-0.2, 0) is 24.5 Å². The number of methoxy groups -OCH3 is 1. The molecule has 1 aliphatic carbocycles. The maximum absolute atomic E-state index is 13.3. The molecule has 1 aliphatic heterocycles. The summed E-state index contributed by atoms with van der Waals surface area (Å²) in [4.78, 5) is 37.1. The van der Waals surface area contributed by atoms with Crippen molar-refractivity contribution in [2.24, 2.45) is 0 Å². The monoisotopic (exact) mass is 378 g/mol. The van der Waals surface area contributed by atoms with Gasteiger partial charge in [0.1, 0.15) is 17.9 Å². The standard InChI is InChI=1S/C18H19ClN2O5/c1-26-13(22)9-21-17(25)14-15(23)11-8-10(19)2-3-12(11)18(16(14)24)4-6-20-7-5-18/h2-3,8,20,23H,4-7,9H2,1H3,(H,21,25). The van der Waals surface area contributed by atoms with E-state index in [0.717, 1.165) is 0 Å². The Morgan fingerprint density at radius 3 is 2.69 bits per heavy atom. The number of esters is 1. The average molecular weight is 379 g/mol. The lowest BCUT2D eigenvalue weighted by atomic mass is 9.63. The summed E-state index contributed by atoms with van der Waals surface area (Å²) in [6.07, 6.45) is 1.00. The fraction of sp³-hybridized carbons (Fsp3) is 0.389. The minimum atomic E-state index is -0.894. The minimum Gasteiger partial charge on any atom is -0.506 e. The largest absolute Gasteiger partial charge is 0.506 e. The van der Waals surface area contributed by atoms with Crippen LogP contribution >= 0.6 is 11.6 Å². The zero-order valence-electron chi connectivity index (χ0n) is 14.2. The number of amides is 1. The van der Waals surface area contributed by atoms with Crippen molar-refractivity contribution in [3.05, 3.63) is 39.9 Å². The number of halogens is 1. The van der Waals surface area contributed by atoms with Gasteiger partial charge in [0.15, 0.2) is 5.78 Å². The molecule has 26 heavy (non-hydrogen) atoms. The van der Waals surface area contributed by atoms with E-state index in [0.29, 0.717) is 42.1 Å². The lowest BCUT2D eigenvalue weighted by Crippen LogP contribution is -2.50. The van der Waals surface area contributed by atoms with Crippen LogP contribution in [0.4, 0.5) is 0 Å². The van der Waals surface area contributed by atoms with Crippen LogP contribution in [0.15, 0.2) is 23.8 Å². The molecule has 7 nitrogen and oxygen atoms in total. The number of carbonyl (C=O) groups is 3. The molecule has 1 aromatic rings. The van der Waals surface area contributed by atoms with Gasteiger partial charge in [0, 0.05) is 10.6 Å². The van der Waals surface area contributed by atoms with Crippen molar-refractivity contribution in [1.29, 1.82) is 0 Å². The second kappa shape index (κ2) is 7.09. The van der Waals surface area contributed by atoms with Crippen LogP contribution in [0.2, 0.25) is 5.02 Å². The maximum atomic E-state index is 13.3. The number of ether oxygens (including phenoxy) is 1. The number of hydrogen-bond donors (Lipinski definition) is 3. The van der Waals surface area contributed by atoms with Crippen LogP contribution < -0.4 is 10.6 Å². The first kappa shape index (κ1) is 18.4. The van der Waals surface area contributed by atoms with E-state index < -0.39 is 35.4 Å². The predicted octanol–water partition coefficient (Wildman–Crippen LogP) is 1.10. The van der Waals surface area contributed by atoms with E-state index in [-0.39, 0.29) is 5.57 Å². The first-order chi connectivity index (χ1) is 12.4. The number of hydrogen-bond acceptors (Lipinski definition) is 6. The zero-order chi connectivity index (χ0) is 18.9. The molecule has 0 saturated carbocycles. The number of Topliss-reactive ketones (excluding diaryl/α,β-unsaturated/α-hetero) is 1. The first-order valence-corrected chi connectivity index (χ1v) is 8.62. The smallest absolute Gasteiger partial charge is 0.325 e. The number of piperidine rings is 1. The molecule has 1 aromatic carbocycles. The highest BCUT2D eigenvalue weighted by molar-refractivity contribution is 6.32. The number of nitrogens with one attached hydrogen (secondary N) is 2. The number of carbonyl (C=O) groups excluding carboxylic acids is 3. The van der Waals surface area contributed by atoms with Crippen molar-refractivity contribution in [2.75, 3.05) is 26.7 Å². The van der Waals surface area contributed by atoms with Gasteiger partial charge in [-0.2, -0.15) is 0 Å². The van der Waals surface area contributed by atoms with Gasteiger partial charge >= 0.3 is 5.97 Å². The Balaban J connectivity index is 2.08. The number of rotatable bonds is 3. The number of benzene rings is 1. The Kier molecular flexibility index (Phi) is 5.02. The van der Waals surface area contributed by atoms with Crippen LogP contribution in [0.5, 0.6) is 0 Å². The van der Waals surface area contributed by atoms with Crippen LogP contribution in [0, 0.1) is 0 Å². The number of fused-ring (bicyclic) bond motifs is 2. The van der Waals surface area contributed by atoms with Gasteiger partial charge in [0.2, 0.25) is 0 Å². The van der Waals surface area contributed by atoms with Crippen molar-refractivity contribution in [3.63, 3.8) is 0 Å². The molecule has 0 bridgehead atoms. The molecule has 0 aromatic heterocycles. The Hall–Kier alpha value is -2.38. The van der Waals surface area contributed by atoms with E-state index in [1.165, 1.54) is 7.11 Å². The van der Waals surface area contributed by atoms with E-state index in [1.807, 2.05) is 0 Å². The quantitative estimate of drug-likeness (QED) is 0.537. The summed E-state index contributed by atoms with van der Waals surface area (Å²) in [5, 5.41) is 16.6. The molecule has 0 radical (unpaired) electrons. The summed E-state index contributed by atoms with van der Waals surface area (Å²) in [6, 6.07) is 4.96. The molecule has 0 atom stereocenters. The number of aliphatic hydroxyl groups is 1. The summed E-state index contributed by atoms with van der Waals surface area (Å²) in [5.41, 5.74) is -0.182. The van der Waals surface area contributed by atoms with Gasteiger partial charge in [-0.15, -0.1) is 0 Å². The molecular formula is C18H19ClN2O5. The lowest BCUT2D eigenvalue weighted by Gasteiger charge is -2.41. The van der Waals surface area contributed by atoms with Gasteiger partial charge in [0.25, 0.3) is 5.91 Å². The Bertz CT molecular complexity index is 812. The van der Waals surface area contributed by atoms with E-state index in [2.05, 4.69) is 15.4 Å². The van der Waals surface area contributed by atoms with E-state index in [4.69, 9.17) is 11.6 Å². The molecule has 3 N–H and O–H groups in total. The third kappa shape index (κ3) is 2.97. The van der Waals surface area contributed by atoms with E-state index >= 15 is 0 Å². The highest BCUT2D eigenvalue weighted by atomic mass is 35.5. The normalized spacial score (nSPS) is 18.5. The fourth-order valence-corrected chi connectivity index (χ4v) is 3.78. The van der Waals surface area contributed by atoms with Gasteiger partial charge in [-0.1, -0.05) is 17.7 Å². The van der Waals surface area contributed by atoms with Crippen LogP contribution in [-0.4, -0.2) is 49.5 Å². The third-order valence-electron chi connectivity index (χ3n) is 4.96. The van der Waals surface area contributed by atoms with Crippen LogP contribution in [0.3, 0.4) is 0 Å². The molecule has 1 spiro atoms. The van der Waals surface area contributed by atoms with E-state index in [1.54, 1.807) is 18.2 Å². The third-order valence-corrected chi connectivity index (χ3v) is 5.19. The van der Waals surface area contributed by atoms with Crippen LogP contribution in [0.25, 0.3) is 5.76 Å². The van der Waals surface area contributed by atoms with Gasteiger partial charge in [0.05, 0.1) is 12.5 Å². The Morgan fingerprint density at radius 1 is 1.35 bits per heavy atom. The maximum Gasteiger partial charge on any atom is 0.325 e. The molecule has 2 aliphatic rings. The van der Waals surface area contributed by atoms with Crippen molar-refractivity contribution in [1.82, 2.24) is 10.6 Å². The number of ketones is 1. The molecule has 138 valence electrons. The van der Waals surface area contributed by atoms with Crippen LogP contribution in [0.1, 0.15) is 24.0 Å². The molecule has 3 rings (SSSR count). The Morgan fingerprint density at radius 2 is 2.04 bits per heavy atom. The second-order valence-corrected chi connectivity index (χ2v) is 6.77. The summed E-state index contributed by atoms with van der Waals surface area (Å²) < 4.78 is 4.48. The SMILES string of the molecule is COC(=O)CNC(=O)C1=C(O)c2cc(Cl)ccc2C2(CCNCC2)C1=O. The van der Waals surface area contributed by atoms with Gasteiger partial charge in [-0.05, 0) is 43.6 Å². The molecule has 1 fully saturated rings. The van der Waals surface area contributed by atoms with Gasteiger partial charge in [-0.25, -0.2) is 0 Å². The summed E-state index contributed by atoms with van der Waals surface area (Å²) in [7, 11) is 1.19. The molecular weight excluding hydrogens is 360 g/mol. The topological polar surface area (TPSA) is 105 Å². The Labute approximate surface area is 155 Å². The average Bonchev–Trinajstić information content (AvgIpc) is 2.65. The molecule has 1 saturated heterocycles. The fourth-order valence-electron chi connectivity index (χ4n) is 3.61. The summed E-state index contributed by atoms with van der Waals surface area (Å²) in [5.74, 6) is -2.31. The van der Waals surface area contributed by atoms with Crippen molar-refractivity contribution >= 4 is 35.0 Å². The lowest BCUT2D eigenvalue weighted by molar-refractivity contribution is -0.141. The van der Waals surface area contributed by atoms with Crippen molar-refractivity contribution < 1.29 is 24.2 Å². The highest BCUT2D eigenvalue weighted by Gasteiger charge is 2.49. The van der Waals surface area contributed by atoms with Crippen molar-refractivity contribution in [3.8, 4) is 0 Å². The first-order valence-electron chi connectivity index (χ1n) is 8.25. The highest BCUT2D eigenvalue weighted by Crippen LogP contribution is 2.45. The summed E-state index contributed by atoms with van der Waals surface area (Å²) in [6.45, 7) is 0.841. The minimum absolute atomic E-state index is 0.342. The van der Waals surface area contributed by atoms with Crippen molar-refractivity contribution in [2.45, 2.75) is 18.3 Å². The predicted molar refractivity (Wildman–Crippen MR) is 94.8 cm³/mol. The summed E-state index contributed by atoms with van der Waals surface area (Å²) >= 11 is 6.06. The van der Waals surface area contributed by atoms with Gasteiger partial charge in [-0.3, -0.25) is 14.4 Å².